The molecule has 0 radical (unpaired) electrons. The lowest BCUT2D eigenvalue weighted by Gasteiger charge is -2.18. The number of carbonyl (C=O) groups excluding carboxylic acids is 1. The van der Waals surface area contributed by atoms with E-state index in [1.54, 1.807) is 0 Å². The van der Waals surface area contributed by atoms with Gasteiger partial charge in [-0.3, -0.25) is 4.79 Å². The second-order valence-electron chi connectivity index (χ2n) is 5.69. The molecule has 1 aliphatic heterocycles. The van der Waals surface area contributed by atoms with E-state index in [0.29, 0.717) is 24.6 Å². The van der Waals surface area contributed by atoms with Crippen molar-refractivity contribution in [2.75, 3.05) is 26.3 Å². The molecule has 1 aromatic carbocycles. The van der Waals surface area contributed by atoms with Crippen molar-refractivity contribution in [3.63, 3.8) is 0 Å². The number of likely N-dealkylation sites (N-methyl/N-ethyl adjacent to an activating group) is 1. The number of halogens is 1. The molecular formula is C18H23ClN2O3S. The van der Waals surface area contributed by atoms with Gasteiger partial charge >= 0.3 is 0 Å². The summed E-state index contributed by atoms with van der Waals surface area (Å²) in [6.07, 6.45) is 0. The molecular weight excluding hydrogens is 360 g/mol. The van der Waals surface area contributed by atoms with Crippen LogP contribution in [0.15, 0.2) is 30.3 Å². The van der Waals surface area contributed by atoms with Gasteiger partial charge < -0.3 is 20.1 Å². The number of thiophene rings is 1. The lowest BCUT2D eigenvalue weighted by Crippen LogP contribution is -2.38. The summed E-state index contributed by atoms with van der Waals surface area (Å²) >= 11 is 1.48. The van der Waals surface area contributed by atoms with E-state index in [9.17, 15) is 4.79 Å². The highest BCUT2D eigenvalue weighted by Gasteiger charge is 2.15. The van der Waals surface area contributed by atoms with Gasteiger partial charge in [0.05, 0.1) is 4.88 Å². The molecule has 0 saturated heterocycles. The molecule has 136 valence electrons. The van der Waals surface area contributed by atoms with E-state index >= 15 is 0 Å². The Morgan fingerprint density at radius 3 is 2.72 bits per heavy atom. The maximum atomic E-state index is 12.3. The van der Waals surface area contributed by atoms with Crippen LogP contribution in [0.2, 0.25) is 0 Å². The van der Waals surface area contributed by atoms with Gasteiger partial charge in [0.15, 0.2) is 11.5 Å². The van der Waals surface area contributed by atoms with Gasteiger partial charge in [-0.15, -0.1) is 23.7 Å². The summed E-state index contributed by atoms with van der Waals surface area (Å²) in [6, 6.07) is 9.98. The SMILES string of the molecule is CCN[C@H](C)CNC(=O)c1ccc(-c2ccc3c(c2)OCCO3)s1.Cl. The Labute approximate surface area is 158 Å². The quantitative estimate of drug-likeness (QED) is 0.804. The van der Waals surface area contributed by atoms with Crippen LogP contribution in [-0.2, 0) is 0 Å². The van der Waals surface area contributed by atoms with Gasteiger partial charge in [-0.25, -0.2) is 0 Å². The van der Waals surface area contributed by atoms with Crippen molar-refractivity contribution < 1.29 is 14.3 Å². The third-order valence-electron chi connectivity index (χ3n) is 3.78. The van der Waals surface area contributed by atoms with E-state index in [0.717, 1.165) is 28.5 Å². The fraction of sp³-hybridized carbons (Fsp3) is 0.389. The zero-order valence-corrected chi connectivity index (χ0v) is 16.0. The summed E-state index contributed by atoms with van der Waals surface area (Å²) in [6.45, 7) is 6.77. The summed E-state index contributed by atoms with van der Waals surface area (Å²) in [4.78, 5) is 14.0. The molecule has 1 aliphatic rings. The molecule has 5 nitrogen and oxygen atoms in total. The third kappa shape index (κ3) is 4.87. The third-order valence-corrected chi connectivity index (χ3v) is 4.91. The summed E-state index contributed by atoms with van der Waals surface area (Å²) in [5.74, 6) is 1.50. The van der Waals surface area contributed by atoms with Crippen LogP contribution in [0.25, 0.3) is 10.4 Å². The van der Waals surface area contributed by atoms with E-state index < -0.39 is 0 Å². The largest absolute Gasteiger partial charge is 0.486 e. The minimum absolute atomic E-state index is 0. The van der Waals surface area contributed by atoms with Crippen LogP contribution in [0, 0.1) is 0 Å². The fourth-order valence-electron chi connectivity index (χ4n) is 2.57. The molecule has 1 atom stereocenters. The molecule has 2 heterocycles. The van der Waals surface area contributed by atoms with Crippen molar-refractivity contribution in [3.8, 4) is 21.9 Å². The standard InChI is InChI=1S/C18H22N2O3S.ClH/c1-3-19-12(2)11-20-18(21)17-7-6-16(24-17)13-4-5-14-15(10-13)23-9-8-22-14;/h4-7,10,12,19H,3,8-9,11H2,1-2H3,(H,20,21);1H/t12-;/m1./s1. The van der Waals surface area contributed by atoms with Gasteiger partial charge in [-0.1, -0.05) is 6.92 Å². The first-order valence-electron chi connectivity index (χ1n) is 8.19. The molecule has 0 fully saturated rings. The average molecular weight is 383 g/mol. The number of fused-ring (bicyclic) bond motifs is 1. The summed E-state index contributed by atoms with van der Waals surface area (Å²) < 4.78 is 11.2. The van der Waals surface area contributed by atoms with E-state index in [4.69, 9.17) is 9.47 Å². The Hall–Kier alpha value is -1.76. The molecule has 0 bridgehead atoms. The highest BCUT2D eigenvalue weighted by Crippen LogP contribution is 2.36. The molecule has 7 heteroatoms. The molecule has 0 aliphatic carbocycles. The van der Waals surface area contributed by atoms with E-state index in [1.165, 1.54) is 11.3 Å². The maximum absolute atomic E-state index is 12.3. The minimum Gasteiger partial charge on any atom is -0.486 e. The van der Waals surface area contributed by atoms with Crippen molar-refractivity contribution in [2.24, 2.45) is 0 Å². The van der Waals surface area contributed by atoms with Gasteiger partial charge in [-0.05, 0) is 49.4 Å². The highest BCUT2D eigenvalue weighted by atomic mass is 35.5. The lowest BCUT2D eigenvalue weighted by molar-refractivity contribution is 0.0954. The number of hydrogen-bond acceptors (Lipinski definition) is 5. The second kappa shape index (κ2) is 9.08. The minimum atomic E-state index is -0.0338. The van der Waals surface area contributed by atoms with Gasteiger partial charge in [0, 0.05) is 17.5 Å². The number of carbonyl (C=O) groups is 1. The Balaban J connectivity index is 0.00000225. The number of benzene rings is 1. The van der Waals surface area contributed by atoms with Crippen molar-refractivity contribution >= 4 is 29.7 Å². The smallest absolute Gasteiger partial charge is 0.261 e. The van der Waals surface area contributed by atoms with Gasteiger partial charge in [0.25, 0.3) is 5.91 Å². The second-order valence-corrected chi connectivity index (χ2v) is 6.77. The molecule has 3 rings (SSSR count). The van der Waals surface area contributed by atoms with Crippen molar-refractivity contribution in [2.45, 2.75) is 19.9 Å². The summed E-state index contributed by atoms with van der Waals surface area (Å²) in [5, 5.41) is 6.24. The van der Waals surface area contributed by atoms with Crippen LogP contribution in [0.1, 0.15) is 23.5 Å². The Morgan fingerprint density at radius 2 is 1.96 bits per heavy atom. The average Bonchev–Trinajstić information content (AvgIpc) is 3.10. The van der Waals surface area contributed by atoms with Crippen molar-refractivity contribution in [1.29, 1.82) is 0 Å². The first-order chi connectivity index (χ1) is 11.7. The number of amides is 1. The topological polar surface area (TPSA) is 59.6 Å². The van der Waals surface area contributed by atoms with Gasteiger partial charge in [-0.2, -0.15) is 0 Å². The normalized spacial score (nSPS) is 13.7. The molecule has 0 saturated carbocycles. The number of ether oxygens (including phenoxy) is 2. The predicted molar refractivity (Wildman–Crippen MR) is 103 cm³/mol. The molecule has 2 N–H and O–H groups in total. The van der Waals surface area contributed by atoms with Crippen LogP contribution in [0.4, 0.5) is 0 Å². The molecule has 0 unspecified atom stereocenters. The van der Waals surface area contributed by atoms with Crippen molar-refractivity contribution in [3.05, 3.63) is 35.2 Å². The van der Waals surface area contributed by atoms with Crippen molar-refractivity contribution in [1.82, 2.24) is 10.6 Å². The molecule has 0 spiro atoms. The predicted octanol–water partition coefficient (Wildman–Crippen LogP) is 3.34. The highest BCUT2D eigenvalue weighted by molar-refractivity contribution is 7.17. The van der Waals surface area contributed by atoms with Gasteiger partial charge in [0.1, 0.15) is 13.2 Å². The zero-order valence-electron chi connectivity index (χ0n) is 14.3. The number of rotatable bonds is 6. The molecule has 1 aromatic heterocycles. The lowest BCUT2D eigenvalue weighted by atomic mass is 10.1. The molecule has 2 aromatic rings. The Morgan fingerprint density at radius 1 is 1.20 bits per heavy atom. The van der Waals surface area contributed by atoms with Gasteiger partial charge in [0.2, 0.25) is 0 Å². The summed E-state index contributed by atoms with van der Waals surface area (Å²) in [7, 11) is 0. The number of nitrogens with one attached hydrogen (secondary N) is 2. The van der Waals surface area contributed by atoms with Crippen LogP contribution < -0.4 is 20.1 Å². The van der Waals surface area contributed by atoms with E-state index in [-0.39, 0.29) is 24.4 Å². The maximum Gasteiger partial charge on any atom is 0.261 e. The first kappa shape index (κ1) is 19.6. The Kier molecular flexibility index (Phi) is 7.11. The molecule has 25 heavy (non-hydrogen) atoms. The van der Waals surface area contributed by atoms with E-state index in [2.05, 4.69) is 24.5 Å². The zero-order chi connectivity index (χ0) is 16.9. The Bertz CT molecular complexity index is 720. The van der Waals surface area contributed by atoms with Crippen LogP contribution in [0.5, 0.6) is 11.5 Å². The first-order valence-corrected chi connectivity index (χ1v) is 9.00. The van der Waals surface area contributed by atoms with Crippen LogP contribution in [-0.4, -0.2) is 38.3 Å². The van der Waals surface area contributed by atoms with E-state index in [1.807, 2.05) is 30.3 Å². The number of hydrogen-bond donors (Lipinski definition) is 2. The summed E-state index contributed by atoms with van der Waals surface area (Å²) in [5.41, 5.74) is 1.03. The monoisotopic (exact) mass is 382 g/mol. The van der Waals surface area contributed by atoms with Crippen LogP contribution in [0.3, 0.4) is 0 Å². The van der Waals surface area contributed by atoms with Crippen LogP contribution >= 0.6 is 23.7 Å². The molecule has 1 amide bonds. The fourth-order valence-corrected chi connectivity index (χ4v) is 3.48.